The molecule has 0 bridgehead atoms. The van der Waals surface area contributed by atoms with E-state index in [1.807, 2.05) is 24.3 Å². The van der Waals surface area contributed by atoms with Crippen molar-refractivity contribution in [2.24, 2.45) is 5.92 Å². The molecule has 5 heteroatoms. The first-order chi connectivity index (χ1) is 17.9. The summed E-state index contributed by atoms with van der Waals surface area (Å²) >= 11 is 0. The van der Waals surface area contributed by atoms with Crippen LogP contribution in [0.2, 0.25) is 0 Å². The van der Waals surface area contributed by atoms with Gasteiger partial charge in [0.2, 0.25) is 5.82 Å². The van der Waals surface area contributed by atoms with Crippen molar-refractivity contribution in [1.29, 1.82) is 0 Å². The molecule has 4 rings (SSSR count). The number of carbonyl (C=O) groups is 1. The number of unbranched alkanes of at least 4 members (excludes halogenated alkanes) is 1. The lowest BCUT2D eigenvalue weighted by Gasteiger charge is -2.27. The number of aryl methyl sites for hydroxylation is 2. The second-order valence-electron chi connectivity index (χ2n) is 10.1. The topological polar surface area (TPSA) is 26.3 Å². The molecule has 3 aromatic carbocycles. The molecule has 0 radical (unpaired) electrons. The SMILES string of the molecule is CCCCc1ccc(C2CCC(C(=O)Oc3ccc(-c4ccc(CCC)cc4)c(F)c3F)CC2)cc1F. The number of esters is 1. The van der Waals surface area contributed by atoms with E-state index in [1.54, 1.807) is 18.2 Å². The van der Waals surface area contributed by atoms with Crippen molar-refractivity contribution in [3.63, 3.8) is 0 Å². The molecule has 0 amide bonds. The zero-order valence-electron chi connectivity index (χ0n) is 21.7. The third-order valence-electron chi connectivity index (χ3n) is 7.47. The van der Waals surface area contributed by atoms with Crippen LogP contribution in [0.15, 0.2) is 54.6 Å². The molecule has 0 saturated heterocycles. The first kappa shape index (κ1) is 27.0. The fourth-order valence-electron chi connectivity index (χ4n) is 5.21. The molecule has 0 spiro atoms. The summed E-state index contributed by atoms with van der Waals surface area (Å²) in [6, 6.07) is 15.6. The van der Waals surface area contributed by atoms with Gasteiger partial charge in [0, 0.05) is 5.56 Å². The first-order valence-corrected chi connectivity index (χ1v) is 13.5. The molecular formula is C32H35F3O2. The van der Waals surface area contributed by atoms with Crippen molar-refractivity contribution in [1.82, 2.24) is 0 Å². The molecule has 196 valence electrons. The van der Waals surface area contributed by atoms with Gasteiger partial charge in [0.05, 0.1) is 5.92 Å². The van der Waals surface area contributed by atoms with Crippen molar-refractivity contribution in [3.05, 3.63) is 88.7 Å². The van der Waals surface area contributed by atoms with Gasteiger partial charge in [-0.15, -0.1) is 0 Å². The maximum absolute atomic E-state index is 14.9. The van der Waals surface area contributed by atoms with Gasteiger partial charge in [-0.1, -0.05) is 63.1 Å². The molecule has 0 N–H and O–H groups in total. The molecule has 2 nitrogen and oxygen atoms in total. The average molecular weight is 509 g/mol. The van der Waals surface area contributed by atoms with Crippen LogP contribution in [0.25, 0.3) is 11.1 Å². The van der Waals surface area contributed by atoms with Gasteiger partial charge in [-0.25, -0.2) is 8.78 Å². The predicted molar refractivity (Wildman–Crippen MR) is 141 cm³/mol. The minimum atomic E-state index is -1.16. The minimum Gasteiger partial charge on any atom is -0.423 e. The molecule has 3 aromatic rings. The normalized spacial score (nSPS) is 17.5. The largest absolute Gasteiger partial charge is 0.423 e. The van der Waals surface area contributed by atoms with Crippen LogP contribution in [-0.2, 0) is 17.6 Å². The number of benzene rings is 3. The summed E-state index contributed by atoms with van der Waals surface area (Å²) in [6.07, 6.45) is 7.23. The summed E-state index contributed by atoms with van der Waals surface area (Å²) in [6.45, 7) is 4.17. The first-order valence-electron chi connectivity index (χ1n) is 13.5. The smallest absolute Gasteiger partial charge is 0.314 e. The maximum Gasteiger partial charge on any atom is 0.314 e. The molecule has 0 atom stereocenters. The highest BCUT2D eigenvalue weighted by atomic mass is 19.2. The fraction of sp³-hybridized carbons (Fsp3) is 0.406. The van der Waals surface area contributed by atoms with E-state index in [-0.39, 0.29) is 23.0 Å². The molecule has 0 aromatic heterocycles. The number of halogens is 3. The number of hydrogen-bond donors (Lipinski definition) is 0. The van der Waals surface area contributed by atoms with Crippen molar-refractivity contribution >= 4 is 5.97 Å². The molecule has 1 aliphatic rings. The summed E-state index contributed by atoms with van der Waals surface area (Å²) in [7, 11) is 0. The highest BCUT2D eigenvalue weighted by Gasteiger charge is 2.30. The molecule has 0 aliphatic heterocycles. The Morgan fingerprint density at radius 1 is 0.838 bits per heavy atom. The van der Waals surface area contributed by atoms with E-state index >= 15 is 0 Å². The van der Waals surface area contributed by atoms with Gasteiger partial charge in [-0.2, -0.15) is 4.39 Å². The number of hydrogen-bond acceptors (Lipinski definition) is 2. The Balaban J connectivity index is 1.36. The molecule has 1 aliphatic carbocycles. The quantitative estimate of drug-likeness (QED) is 0.213. The summed E-state index contributed by atoms with van der Waals surface area (Å²) in [5.74, 6) is -3.49. The highest BCUT2D eigenvalue weighted by Crippen LogP contribution is 2.38. The van der Waals surface area contributed by atoms with Gasteiger partial charge in [0.15, 0.2) is 11.6 Å². The van der Waals surface area contributed by atoms with E-state index in [0.29, 0.717) is 18.4 Å². The standard InChI is InChI=1S/C32H35F3O2/c1-3-5-7-24-14-17-26(20-28(24)33)22-12-15-25(16-13-22)32(36)37-29-19-18-27(30(34)31(29)35)23-10-8-21(6-4-2)9-11-23/h8-11,14,17-20,22,25H,3-7,12-13,15-16H2,1-2H3. The zero-order valence-corrected chi connectivity index (χ0v) is 21.7. The van der Waals surface area contributed by atoms with E-state index in [2.05, 4.69) is 13.8 Å². The van der Waals surface area contributed by atoms with E-state index in [4.69, 9.17) is 4.74 Å². The average Bonchev–Trinajstić information content (AvgIpc) is 2.91. The number of ether oxygens (including phenoxy) is 1. The van der Waals surface area contributed by atoms with E-state index in [1.165, 1.54) is 12.1 Å². The monoisotopic (exact) mass is 508 g/mol. The van der Waals surface area contributed by atoms with Crippen LogP contribution in [0.3, 0.4) is 0 Å². The fourth-order valence-corrected chi connectivity index (χ4v) is 5.21. The Bertz CT molecular complexity index is 1210. The third-order valence-corrected chi connectivity index (χ3v) is 7.47. The Kier molecular flexibility index (Phi) is 9.07. The molecule has 37 heavy (non-hydrogen) atoms. The lowest BCUT2D eigenvalue weighted by Crippen LogP contribution is -2.25. The summed E-state index contributed by atoms with van der Waals surface area (Å²) in [4.78, 5) is 12.8. The molecule has 1 fully saturated rings. The van der Waals surface area contributed by atoms with Gasteiger partial charge in [0.25, 0.3) is 0 Å². The van der Waals surface area contributed by atoms with Gasteiger partial charge >= 0.3 is 5.97 Å². The number of rotatable bonds is 9. The van der Waals surface area contributed by atoms with E-state index in [9.17, 15) is 18.0 Å². The van der Waals surface area contributed by atoms with Crippen molar-refractivity contribution in [2.45, 2.75) is 77.6 Å². The zero-order chi connectivity index (χ0) is 26.4. The van der Waals surface area contributed by atoms with Gasteiger partial charge in [0.1, 0.15) is 5.82 Å². The van der Waals surface area contributed by atoms with Crippen LogP contribution in [0.1, 0.15) is 81.4 Å². The van der Waals surface area contributed by atoms with Crippen LogP contribution in [0, 0.1) is 23.4 Å². The van der Waals surface area contributed by atoms with Gasteiger partial charge < -0.3 is 4.74 Å². The molecule has 1 saturated carbocycles. The Hall–Kier alpha value is -3.08. The number of carbonyl (C=O) groups excluding carboxylic acids is 1. The summed E-state index contributed by atoms with van der Waals surface area (Å²) in [5, 5.41) is 0. The van der Waals surface area contributed by atoms with Crippen molar-refractivity contribution in [2.75, 3.05) is 0 Å². The van der Waals surface area contributed by atoms with Crippen LogP contribution in [-0.4, -0.2) is 5.97 Å². The molecule has 0 heterocycles. The Morgan fingerprint density at radius 2 is 1.57 bits per heavy atom. The Morgan fingerprint density at radius 3 is 2.22 bits per heavy atom. The van der Waals surface area contributed by atoms with Crippen LogP contribution < -0.4 is 4.74 Å². The van der Waals surface area contributed by atoms with E-state index in [0.717, 1.165) is 61.6 Å². The van der Waals surface area contributed by atoms with E-state index < -0.39 is 23.5 Å². The predicted octanol–water partition coefficient (Wildman–Crippen LogP) is 8.95. The van der Waals surface area contributed by atoms with Crippen LogP contribution >= 0.6 is 0 Å². The minimum absolute atomic E-state index is 0.133. The Labute approximate surface area is 217 Å². The van der Waals surface area contributed by atoms with Crippen molar-refractivity contribution < 1.29 is 22.7 Å². The maximum atomic E-state index is 14.9. The van der Waals surface area contributed by atoms with Crippen molar-refractivity contribution in [3.8, 4) is 16.9 Å². The van der Waals surface area contributed by atoms with Gasteiger partial charge in [-0.3, -0.25) is 4.79 Å². The molecular weight excluding hydrogens is 473 g/mol. The summed E-state index contributed by atoms with van der Waals surface area (Å²) < 4.78 is 49.5. The lowest BCUT2D eigenvalue weighted by atomic mass is 9.78. The van der Waals surface area contributed by atoms with Gasteiger partial charge in [-0.05, 0) is 91.3 Å². The van der Waals surface area contributed by atoms with Crippen LogP contribution in [0.5, 0.6) is 5.75 Å². The third kappa shape index (κ3) is 6.44. The highest BCUT2D eigenvalue weighted by molar-refractivity contribution is 5.76. The summed E-state index contributed by atoms with van der Waals surface area (Å²) in [5.41, 5.74) is 3.55. The lowest BCUT2D eigenvalue weighted by molar-refractivity contribution is -0.140. The second kappa shape index (κ2) is 12.4. The van der Waals surface area contributed by atoms with Crippen LogP contribution in [0.4, 0.5) is 13.2 Å². The second-order valence-corrected chi connectivity index (χ2v) is 10.1. The molecule has 0 unspecified atom stereocenters.